The van der Waals surface area contributed by atoms with Crippen molar-refractivity contribution in [2.45, 2.75) is 37.8 Å². The summed E-state index contributed by atoms with van der Waals surface area (Å²) in [5.74, 6) is -0.325. The van der Waals surface area contributed by atoms with Crippen LogP contribution in [0.5, 0.6) is 0 Å². The Morgan fingerprint density at radius 3 is 1.89 bits per heavy atom. The molecule has 1 saturated heterocycles. The van der Waals surface area contributed by atoms with Gasteiger partial charge in [0, 0.05) is 24.9 Å². The smallest absolute Gasteiger partial charge is 0.243 e. The van der Waals surface area contributed by atoms with Crippen molar-refractivity contribution in [1.29, 1.82) is 0 Å². The van der Waals surface area contributed by atoms with Crippen LogP contribution in [0.25, 0.3) is 21.5 Å². The summed E-state index contributed by atoms with van der Waals surface area (Å²) in [6.07, 6.45) is 2.60. The second-order valence-electron chi connectivity index (χ2n) is 10.3. The van der Waals surface area contributed by atoms with Gasteiger partial charge in [-0.15, -0.1) is 0 Å². The molecule has 0 aliphatic carbocycles. The van der Waals surface area contributed by atoms with Gasteiger partial charge in [0.1, 0.15) is 6.04 Å². The first-order valence-electron chi connectivity index (χ1n) is 13.6. The first kappa shape index (κ1) is 25.9. The number of amides is 2. The second-order valence-corrected chi connectivity index (χ2v) is 10.3. The summed E-state index contributed by atoms with van der Waals surface area (Å²) in [6, 6.07) is 28.0. The van der Waals surface area contributed by atoms with Gasteiger partial charge in [-0.05, 0) is 65.0 Å². The van der Waals surface area contributed by atoms with Gasteiger partial charge < -0.3 is 21.7 Å². The van der Waals surface area contributed by atoms with Crippen LogP contribution in [0.15, 0.2) is 84.9 Å². The highest BCUT2D eigenvalue weighted by molar-refractivity contribution is 5.89. The van der Waals surface area contributed by atoms with E-state index in [-0.39, 0.29) is 23.8 Å². The van der Waals surface area contributed by atoms with Gasteiger partial charge in [0.25, 0.3) is 0 Å². The van der Waals surface area contributed by atoms with Crippen LogP contribution < -0.4 is 21.7 Å². The Hall–Kier alpha value is -3.74. The van der Waals surface area contributed by atoms with Crippen LogP contribution in [0, 0.1) is 5.92 Å². The third-order valence-corrected chi connectivity index (χ3v) is 7.52. The predicted octanol–water partition coefficient (Wildman–Crippen LogP) is 3.71. The maximum atomic E-state index is 13.6. The largest absolute Gasteiger partial charge is 0.350 e. The zero-order valence-electron chi connectivity index (χ0n) is 21.7. The zero-order valence-corrected chi connectivity index (χ0v) is 21.7. The number of piperidine rings is 1. The molecule has 1 heterocycles. The van der Waals surface area contributed by atoms with E-state index in [1.165, 1.54) is 5.39 Å². The number of rotatable bonds is 9. The zero-order chi connectivity index (χ0) is 26.3. The summed E-state index contributed by atoms with van der Waals surface area (Å²) >= 11 is 0. The fourth-order valence-corrected chi connectivity index (χ4v) is 5.33. The molecule has 0 saturated carbocycles. The minimum absolute atomic E-state index is 0.0498. The molecule has 0 bridgehead atoms. The third-order valence-electron chi connectivity index (χ3n) is 7.52. The highest BCUT2D eigenvalue weighted by Crippen LogP contribution is 2.19. The molecule has 2 atom stereocenters. The van der Waals surface area contributed by atoms with Gasteiger partial charge in [-0.2, -0.15) is 0 Å². The van der Waals surface area contributed by atoms with E-state index >= 15 is 0 Å². The topological polar surface area (TPSA) is 96.2 Å². The molecule has 4 aromatic carbocycles. The van der Waals surface area contributed by atoms with Crippen LogP contribution in [0.2, 0.25) is 0 Å². The van der Waals surface area contributed by atoms with E-state index < -0.39 is 6.04 Å². The van der Waals surface area contributed by atoms with E-state index in [1.54, 1.807) is 0 Å². The fourth-order valence-electron chi connectivity index (χ4n) is 5.33. The summed E-state index contributed by atoms with van der Waals surface area (Å²) in [5.41, 5.74) is 8.23. The third kappa shape index (κ3) is 6.39. The number of nitrogens with two attached hydrogens (primary N) is 1. The Kier molecular flexibility index (Phi) is 8.31. The van der Waals surface area contributed by atoms with E-state index in [0.717, 1.165) is 53.2 Å². The fraction of sp³-hybridized carbons (Fsp3) is 0.312. The predicted molar refractivity (Wildman–Crippen MR) is 154 cm³/mol. The van der Waals surface area contributed by atoms with Gasteiger partial charge in [-0.1, -0.05) is 84.9 Å². The molecule has 1 aliphatic rings. The summed E-state index contributed by atoms with van der Waals surface area (Å²) in [7, 11) is 0. The molecule has 2 unspecified atom stereocenters. The van der Waals surface area contributed by atoms with Gasteiger partial charge in [0.05, 0.1) is 0 Å². The first-order valence-corrected chi connectivity index (χ1v) is 13.6. The molecule has 0 spiro atoms. The van der Waals surface area contributed by atoms with Gasteiger partial charge >= 0.3 is 0 Å². The SMILES string of the molecule is NCC(Cc1ccc2ccccc2c1)NC(=O)C(Cc1ccc2ccccc2c1)NC(=O)C1CCNCC1. The van der Waals surface area contributed by atoms with Crippen LogP contribution in [0.4, 0.5) is 0 Å². The molecule has 4 aromatic rings. The molecule has 0 aromatic heterocycles. The average Bonchev–Trinajstić information content (AvgIpc) is 2.96. The molecular formula is C32H36N4O2. The maximum absolute atomic E-state index is 13.6. The van der Waals surface area contributed by atoms with E-state index in [2.05, 4.69) is 70.5 Å². The van der Waals surface area contributed by atoms with Crippen molar-refractivity contribution in [3.05, 3.63) is 96.1 Å². The van der Waals surface area contributed by atoms with Crippen molar-refractivity contribution in [2.75, 3.05) is 19.6 Å². The second kappa shape index (κ2) is 12.2. The van der Waals surface area contributed by atoms with Gasteiger partial charge in [0.2, 0.25) is 11.8 Å². The number of carbonyl (C=O) groups excluding carboxylic acids is 2. The van der Waals surface area contributed by atoms with E-state index in [4.69, 9.17) is 5.73 Å². The van der Waals surface area contributed by atoms with Crippen molar-refractivity contribution < 1.29 is 9.59 Å². The Bertz CT molecular complexity index is 1410. The first-order chi connectivity index (χ1) is 18.6. The van der Waals surface area contributed by atoms with Crippen LogP contribution in [-0.4, -0.2) is 43.5 Å². The molecule has 6 nitrogen and oxygen atoms in total. The summed E-state index contributed by atoms with van der Waals surface area (Å²) < 4.78 is 0. The monoisotopic (exact) mass is 508 g/mol. The molecule has 0 radical (unpaired) electrons. The molecule has 2 amide bonds. The average molecular weight is 509 g/mol. The lowest BCUT2D eigenvalue weighted by Gasteiger charge is -2.27. The van der Waals surface area contributed by atoms with E-state index in [1.807, 2.05) is 30.3 Å². The lowest BCUT2D eigenvalue weighted by atomic mass is 9.95. The van der Waals surface area contributed by atoms with Crippen molar-refractivity contribution in [1.82, 2.24) is 16.0 Å². The molecule has 1 fully saturated rings. The Morgan fingerprint density at radius 1 is 0.763 bits per heavy atom. The van der Waals surface area contributed by atoms with E-state index in [9.17, 15) is 9.59 Å². The lowest BCUT2D eigenvalue weighted by Crippen LogP contribution is -2.54. The van der Waals surface area contributed by atoms with Gasteiger partial charge in [0.15, 0.2) is 0 Å². The van der Waals surface area contributed by atoms with Crippen LogP contribution in [-0.2, 0) is 22.4 Å². The van der Waals surface area contributed by atoms with Crippen molar-refractivity contribution in [3.8, 4) is 0 Å². The molecular weight excluding hydrogens is 472 g/mol. The number of fused-ring (bicyclic) bond motifs is 2. The Labute approximate surface area is 224 Å². The normalized spacial score (nSPS) is 15.7. The molecule has 5 rings (SSSR count). The highest BCUT2D eigenvalue weighted by atomic mass is 16.2. The highest BCUT2D eigenvalue weighted by Gasteiger charge is 2.28. The summed E-state index contributed by atoms with van der Waals surface area (Å²) in [5, 5.41) is 14.1. The molecule has 38 heavy (non-hydrogen) atoms. The molecule has 5 N–H and O–H groups in total. The minimum Gasteiger partial charge on any atom is -0.350 e. The summed E-state index contributed by atoms with van der Waals surface area (Å²) in [6.45, 7) is 1.95. The number of hydrogen-bond donors (Lipinski definition) is 4. The number of hydrogen-bond acceptors (Lipinski definition) is 4. The number of benzene rings is 4. The quantitative estimate of drug-likeness (QED) is 0.277. The summed E-state index contributed by atoms with van der Waals surface area (Å²) in [4.78, 5) is 26.8. The van der Waals surface area contributed by atoms with Crippen LogP contribution in [0.3, 0.4) is 0 Å². The maximum Gasteiger partial charge on any atom is 0.243 e. The number of carbonyl (C=O) groups is 2. The van der Waals surface area contributed by atoms with Crippen molar-refractivity contribution in [3.63, 3.8) is 0 Å². The van der Waals surface area contributed by atoms with E-state index in [0.29, 0.717) is 19.4 Å². The van der Waals surface area contributed by atoms with Crippen LogP contribution in [0.1, 0.15) is 24.0 Å². The lowest BCUT2D eigenvalue weighted by molar-refractivity contribution is -0.131. The van der Waals surface area contributed by atoms with Crippen LogP contribution >= 0.6 is 0 Å². The van der Waals surface area contributed by atoms with Crippen molar-refractivity contribution >= 4 is 33.4 Å². The number of nitrogens with one attached hydrogen (secondary N) is 3. The standard InChI is InChI=1S/C32H36N4O2/c33-21-29(19-22-9-11-24-5-1-3-7-27(24)17-22)35-32(38)30(36-31(37)26-13-15-34-16-14-26)20-23-10-12-25-6-2-4-8-28(25)18-23/h1-12,17-18,26,29-30,34H,13-16,19-21,33H2,(H,35,38)(H,36,37). The van der Waals surface area contributed by atoms with Gasteiger partial charge in [-0.25, -0.2) is 0 Å². The van der Waals surface area contributed by atoms with Gasteiger partial charge in [-0.3, -0.25) is 9.59 Å². The van der Waals surface area contributed by atoms with Crippen molar-refractivity contribution in [2.24, 2.45) is 11.7 Å². The molecule has 6 heteroatoms. The molecule has 196 valence electrons. The Morgan fingerprint density at radius 2 is 1.32 bits per heavy atom. The Balaban J connectivity index is 1.32. The molecule has 1 aliphatic heterocycles. The minimum atomic E-state index is -0.677.